The fourth-order valence-electron chi connectivity index (χ4n) is 3.10. The number of carbonyl (C=O) groups is 2. The second-order valence-electron chi connectivity index (χ2n) is 5.80. The fraction of sp³-hybridized carbons (Fsp3) is 0.733. The largest absolute Gasteiger partial charge is 0.275 e. The summed E-state index contributed by atoms with van der Waals surface area (Å²) in [5.74, 6) is 1.21. The third-order valence-electron chi connectivity index (χ3n) is 4.45. The lowest BCUT2D eigenvalue weighted by Gasteiger charge is -2.29. The lowest BCUT2D eigenvalue weighted by molar-refractivity contribution is -0.138. The Labute approximate surface area is 109 Å². The van der Waals surface area contributed by atoms with Crippen molar-refractivity contribution in [1.29, 1.82) is 0 Å². The van der Waals surface area contributed by atoms with E-state index in [1.165, 1.54) is 17.7 Å². The number of imide groups is 1. The van der Waals surface area contributed by atoms with Gasteiger partial charge in [-0.15, -0.1) is 0 Å². The van der Waals surface area contributed by atoms with Gasteiger partial charge < -0.3 is 0 Å². The van der Waals surface area contributed by atoms with Crippen LogP contribution in [0.2, 0.25) is 0 Å². The minimum absolute atomic E-state index is 0.0429. The molecule has 1 saturated carbocycles. The van der Waals surface area contributed by atoms with Crippen molar-refractivity contribution in [2.24, 2.45) is 11.8 Å². The van der Waals surface area contributed by atoms with Crippen LogP contribution in [0, 0.1) is 11.8 Å². The summed E-state index contributed by atoms with van der Waals surface area (Å²) in [5.41, 5.74) is 1.37. The third-order valence-corrected chi connectivity index (χ3v) is 4.45. The Kier molecular flexibility index (Phi) is 3.88. The maximum Gasteiger partial charge on any atom is 0.257 e. The standard InChI is InChI=1S/C15H23NO2/c1-4-13-11(3)14(17)16(15(13)18)9-12-7-5-10(2)6-8-12/h10,12H,4-9H2,1-3H3. The second-order valence-corrected chi connectivity index (χ2v) is 5.80. The molecule has 2 amide bonds. The van der Waals surface area contributed by atoms with Crippen LogP contribution < -0.4 is 0 Å². The summed E-state index contributed by atoms with van der Waals surface area (Å²) in [6, 6.07) is 0. The van der Waals surface area contributed by atoms with Crippen LogP contribution >= 0.6 is 0 Å². The molecule has 0 aromatic heterocycles. The maximum absolute atomic E-state index is 12.1. The molecule has 2 rings (SSSR count). The Morgan fingerprint density at radius 3 is 2.22 bits per heavy atom. The van der Waals surface area contributed by atoms with E-state index in [0.29, 0.717) is 30.0 Å². The van der Waals surface area contributed by atoms with Gasteiger partial charge in [-0.25, -0.2) is 0 Å². The predicted molar refractivity (Wildman–Crippen MR) is 70.8 cm³/mol. The van der Waals surface area contributed by atoms with Gasteiger partial charge in [0.25, 0.3) is 11.8 Å². The Balaban J connectivity index is 2.00. The lowest BCUT2D eigenvalue weighted by atomic mass is 9.83. The zero-order valence-corrected chi connectivity index (χ0v) is 11.7. The van der Waals surface area contributed by atoms with E-state index in [1.54, 1.807) is 6.92 Å². The van der Waals surface area contributed by atoms with Gasteiger partial charge >= 0.3 is 0 Å². The molecule has 2 aliphatic rings. The number of nitrogens with zero attached hydrogens (tertiary/aromatic N) is 1. The van der Waals surface area contributed by atoms with E-state index in [4.69, 9.17) is 0 Å². The molecular formula is C15H23NO2. The lowest BCUT2D eigenvalue weighted by Crippen LogP contribution is -2.37. The molecule has 1 aliphatic heterocycles. The van der Waals surface area contributed by atoms with Crippen LogP contribution in [0.4, 0.5) is 0 Å². The summed E-state index contributed by atoms with van der Waals surface area (Å²) in [4.78, 5) is 25.7. The van der Waals surface area contributed by atoms with Crippen molar-refractivity contribution < 1.29 is 9.59 Å². The Bertz CT molecular complexity index is 389. The molecule has 0 radical (unpaired) electrons. The van der Waals surface area contributed by atoms with Crippen LogP contribution in [0.3, 0.4) is 0 Å². The molecule has 1 heterocycles. The predicted octanol–water partition coefficient (Wildman–Crippen LogP) is 2.91. The Hall–Kier alpha value is -1.12. The molecule has 0 bridgehead atoms. The van der Waals surface area contributed by atoms with E-state index in [2.05, 4.69) is 6.92 Å². The molecule has 100 valence electrons. The van der Waals surface area contributed by atoms with Crippen molar-refractivity contribution in [1.82, 2.24) is 4.90 Å². The van der Waals surface area contributed by atoms with E-state index in [0.717, 1.165) is 18.8 Å². The van der Waals surface area contributed by atoms with Gasteiger partial charge in [-0.3, -0.25) is 14.5 Å². The first-order valence-corrected chi connectivity index (χ1v) is 7.10. The van der Waals surface area contributed by atoms with Gasteiger partial charge in [-0.2, -0.15) is 0 Å². The van der Waals surface area contributed by atoms with Gasteiger partial charge in [0.2, 0.25) is 0 Å². The van der Waals surface area contributed by atoms with Crippen LogP contribution in [-0.2, 0) is 9.59 Å². The van der Waals surface area contributed by atoms with Gasteiger partial charge in [-0.05, 0) is 38.0 Å². The zero-order valence-electron chi connectivity index (χ0n) is 11.7. The first kappa shape index (κ1) is 13.3. The summed E-state index contributed by atoms with van der Waals surface area (Å²) in [6.07, 6.45) is 5.42. The van der Waals surface area contributed by atoms with Crippen molar-refractivity contribution >= 4 is 11.8 Å². The van der Waals surface area contributed by atoms with Gasteiger partial charge in [-0.1, -0.05) is 26.7 Å². The number of rotatable bonds is 3. The molecule has 3 heteroatoms. The molecular weight excluding hydrogens is 226 g/mol. The quantitative estimate of drug-likeness (QED) is 0.721. The zero-order chi connectivity index (χ0) is 13.3. The average molecular weight is 249 g/mol. The molecule has 18 heavy (non-hydrogen) atoms. The van der Waals surface area contributed by atoms with Crippen LogP contribution in [-0.4, -0.2) is 23.3 Å². The molecule has 1 aliphatic carbocycles. The first-order valence-electron chi connectivity index (χ1n) is 7.10. The summed E-state index contributed by atoms with van der Waals surface area (Å²) < 4.78 is 0. The minimum atomic E-state index is -0.0597. The smallest absolute Gasteiger partial charge is 0.257 e. The number of carbonyl (C=O) groups excluding carboxylic acids is 2. The summed E-state index contributed by atoms with van der Waals surface area (Å²) in [6.45, 7) is 6.63. The highest BCUT2D eigenvalue weighted by molar-refractivity contribution is 6.18. The molecule has 1 fully saturated rings. The SMILES string of the molecule is CCC1=C(C)C(=O)N(CC2CCC(C)CC2)C1=O. The molecule has 0 N–H and O–H groups in total. The van der Waals surface area contributed by atoms with Crippen LogP contribution in [0.25, 0.3) is 0 Å². The van der Waals surface area contributed by atoms with Crippen LogP contribution in [0.15, 0.2) is 11.1 Å². The molecule has 0 atom stereocenters. The van der Waals surface area contributed by atoms with Crippen molar-refractivity contribution in [2.75, 3.05) is 6.54 Å². The maximum atomic E-state index is 12.1. The topological polar surface area (TPSA) is 37.4 Å². The average Bonchev–Trinajstić information content (AvgIpc) is 2.56. The van der Waals surface area contributed by atoms with Crippen molar-refractivity contribution in [3.63, 3.8) is 0 Å². The monoisotopic (exact) mass is 249 g/mol. The summed E-state index contributed by atoms with van der Waals surface area (Å²) >= 11 is 0. The molecule has 0 saturated heterocycles. The number of amides is 2. The van der Waals surface area contributed by atoms with Gasteiger partial charge in [0.15, 0.2) is 0 Å². The highest BCUT2D eigenvalue weighted by Gasteiger charge is 2.36. The summed E-state index contributed by atoms with van der Waals surface area (Å²) in [5, 5.41) is 0. The van der Waals surface area contributed by atoms with Crippen molar-refractivity contribution in [3.8, 4) is 0 Å². The molecule has 0 spiro atoms. The highest BCUT2D eigenvalue weighted by Crippen LogP contribution is 2.31. The first-order chi connectivity index (χ1) is 8.54. The van der Waals surface area contributed by atoms with E-state index in [-0.39, 0.29) is 11.8 Å². The molecule has 0 aromatic rings. The van der Waals surface area contributed by atoms with Crippen molar-refractivity contribution in [2.45, 2.75) is 52.9 Å². The van der Waals surface area contributed by atoms with Crippen LogP contribution in [0.5, 0.6) is 0 Å². The van der Waals surface area contributed by atoms with Crippen LogP contribution in [0.1, 0.15) is 52.9 Å². The van der Waals surface area contributed by atoms with Gasteiger partial charge in [0.1, 0.15) is 0 Å². The Morgan fingerprint density at radius 2 is 1.72 bits per heavy atom. The number of hydrogen-bond acceptors (Lipinski definition) is 2. The van der Waals surface area contributed by atoms with E-state index < -0.39 is 0 Å². The normalized spacial score (nSPS) is 29.4. The van der Waals surface area contributed by atoms with E-state index in [1.807, 2.05) is 6.92 Å². The van der Waals surface area contributed by atoms with E-state index in [9.17, 15) is 9.59 Å². The highest BCUT2D eigenvalue weighted by atomic mass is 16.2. The third kappa shape index (κ3) is 2.36. The van der Waals surface area contributed by atoms with Crippen molar-refractivity contribution in [3.05, 3.63) is 11.1 Å². The minimum Gasteiger partial charge on any atom is -0.275 e. The summed E-state index contributed by atoms with van der Waals surface area (Å²) in [7, 11) is 0. The van der Waals surface area contributed by atoms with E-state index >= 15 is 0 Å². The molecule has 0 unspecified atom stereocenters. The second kappa shape index (κ2) is 5.25. The van der Waals surface area contributed by atoms with Gasteiger partial charge in [0, 0.05) is 17.7 Å². The van der Waals surface area contributed by atoms with Gasteiger partial charge in [0.05, 0.1) is 0 Å². The molecule has 3 nitrogen and oxygen atoms in total. The number of hydrogen-bond donors (Lipinski definition) is 0. The molecule has 0 aromatic carbocycles. The fourth-order valence-corrected chi connectivity index (χ4v) is 3.10. The Morgan fingerprint density at radius 1 is 1.11 bits per heavy atom.